The number of hydrogen-bond acceptors (Lipinski definition) is 4. The summed E-state index contributed by atoms with van der Waals surface area (Å²) in [4.78, 5) is 8.30. The number of furan rings is 1. The van der Waals surface area contributed by atoms with Crippen molar-refractivity contribution in [2.45, 2.75) is 6.92 Å². The standard InChI is InChI=1S/C9H9N3O/c1-6-8(10)4-11-9(12-6)7-2-3-13-5-7/h2-5H,10H2,1H3. The van der Waals surface area contributed by atoms with Gasteiger partial charge in [-0.2, -0.15) is 0 Å². The number of aromatic nitrogens is 2. The monoisotopic (exact) mass is 175 g/mol. The van der Waals surface area contributed by atoms with Crippen LogP contribution in [0.5, 0.6) is 0 Å². The molecule has 0 aromatic carbocycles. The topological polar surface area (TPSA) is 64.9 Å². The van der Waals surface area contributed by atoms with Gasteiger partial charge in [-0.05, 0) is 13.0 Å². The molecular formula is C9H9N3O. The Balaban J connectivity index is 2.49. The van der Waals surface area contributed by atoms with E-state index in [0.717, 1.165) is 11.3 Å². The largest absolute Gasteiger partial charge is 0.472 e. The Morgan fingerprint density at radius 2 is 2.31 bits per heavy atom. The second-order valence-corrected chi connectivity index (χ2v) is 2.75. The van der Waals surface area contributed by atoms with Crippen LogP contribution in [0.1, 0.15) is 5.69 Å². The van der Waals surface area contributed by atoms with E-state index in [1.54, 1.807) is 18.7 Å². The van der Waals surface area contributed by atoms with Crippen LogP contribution in [0.25, 0.3) is 11.4 Å². The van der Waals surface area contributed by atoms with Crippen LogP contribution >= 0.6 is 0 Å². The lowest BCUT2D eigenvalue weighted by molar-refractivity contribution is 0.568. The molecule has 0 spiro atoms. The third-order valence-corrected chi connectivity index (χ3v) is 1.80. The SMILES string of the molecule is Cc1nc(-c2ccoc2)ncc1N. The molecule has 0 atom stereocenters. The summed E-state index contributed by atoms with van der Waals surface area (Å²) >= 11 is 0. The minimum absolute atomic E-state index is 0.604. The zero-order valence-corrected chi connectivity index (χ0v) is 7.19. The van der Waals surface area contributed by atoms with Gasteiger partial charge in [0.1, 0.15) is 6.26 Å². The van der Waals surface area contributed by atoms with Gasteiger partial charge in [-0.25, -0.2) is 9.97 Å². The number of hydrogen-bond donors (Lipinski definition) is 1. The zero-order chi connectivity index (χ0) is 9.26. The van der Waals surface area contributed by atoms with Crippen LogP contribution in [0, 0.1) is 6.92 Å². The summed E-state index contributed by atoms with van der Waals surface area (Å²) < 4.78 is 4.93. The number of nitrogens with zero attached hydrogens (tertiary/aromatic N) is 2. The summed E-state index contributed by atoms with van der Waals surface area (Å²) in [6.07, 6.45) is 4.79. The van der Waals surface area contributed by atoms with Gasteiger partial charge < -0.3 is 10.2 Å². The van der Waals surface area contributed by atoms with Crippen molar-refractivity contribution in [1.82, 2.24) is 9.97 Å². The molecule has 2 heterocycles. The Morgan fingerprint density at radius 1 is 1.46 bits per heavy atom. The quantitative estimate of drug-likeness (QED) is 0.715. The summed E-state index contributed by atoms with van der Waals surface area (Å²) in [6.45, 7) is 1.85. The molecule has 2 aromatic rings. The molecule has 0 aliphatic heterocycles. The van der Waals surface area contributed by atoms with Crippen molar-refractivity contribution in [3.8, 4) is 11.4 Å². The molecule has 2 aromatic heterocycles. The van der Waals surface area contributed by atoms with Crippen LogP contribution in [-0.2, 0) is 0 Å². The molecule has 0 saturated carbocycles. The van der Waals surface area contributed by atoms with Crippen molar-refractivity contribution < 1.29 is 4.42 Å². The average Bonchev–Trinajstić information content (AvgIpc) is 2.62. The molecule has 4 heteroatoms. The lowest BCUT2D eigenvalue weighted by atomic mass is 10.3. The van der Waals surface area contributed by atoms with Gasteiger partial charge in [0.05, 0.1) is 29.4 Å². The van der Waals surface area contributed by atoms with Crippen LogP contribution < -0.4 is 5.73 Å². The van der Waals surface area contributed by atoms with Crippen LogP contribution in [0.2, 0.25) is 0 Å². The first kappa shape index (κ1) is 7.79. The number of nitrogen functional groups attached to an aromatic ring is 1. The second kappa shape index (κ2) is 2.90. The Bertz CT molecular complexity index is 409. The highest BCUT2D eigenvalue weighted by Crippen LogP contribution is 2.16. The normalized spacial score (nSPS) is 10.2. The zero-order valence-electron chi connectivity index (χ0n) is 7.19. The fourth-order valence-corrected chi connectivity index (χ4v) is 1.01. The molecule has 0 fully saturated rings. The van der Waals surface area contributed by atoms with E-state index in [2.05, 4.69) is 9.97 Å². The van der Waals surface area contributed by atoms with Crippen molar-refractivity contribution >= 4 is 5.69 Å². The molecule has 0 aliphatic rings. The van der Waals surface area contributed by atoms with Crippen LogP contribution in [0.15, 0.2) is 29.2 Å². The first-order valence-electron chi connectivity index (χ1n) is 3.89. The number of rotatable bonds is 1. The third-order valence-electron chi connectivity index (χ3n) is 1.80. The summed E-state index contributed by atoms with van der Waals surface area (Å²) in [5, 5.41) is 0. The van der Waals surface area contributed by atoms with E-state index in [1.165, 1.54) is 0 Å². The molecule has 0 amide bonds. The lowest BCUT2D eigenvalue weighted by Gasteiger charge is -1.99. The number of nitrogens with two attached hydrogens (primary N) is 1. The molecular weight excluding hydrogens is 166 g/mol. The molecule has 0 bridgehead atoms. The first-order chi connectivity index (χ1) is 6.27. The highest BCUT2D eigenvalue weighted by Gasteiger charge is 2.03. The van der Waals surface area contributed by atoms with E-state index in [-0.39, 0.29) is 0 Å². The van der Waals surface area contributed by atoms with E-state index in [1.807, 2.05) is 13.0 Å². The van der Waals surface area contributed by atoms with Gasteiger partial charge in [0.15, 0.2) is 5.82 Å². The summed E-state index contributed by atoms with van der Waals surface area (Å²) in [5.74, 6) is 0.639. The van der Waals surface area contributed by atoms with E-state index < -0.39 is 0 Å². The van der Waals surface area contributed by atoms with Gasteiger partial charge in [-0.3, -0.25) is 0 Å². The highest BCUT2D eigenvalue weighted by molar-refractivity contribution is 5.55. The van der Waals surface area contributed by atoms with E-state index >= 15 is 0 Å². The Morgan fingerprint density at radius 3 is 2.92 bits per heavy atom. The van der Waals surface area contributed by atoms with Crippen molar-refractivity contribution in [3.05, 3.63) is 30.5 Å². The average molecular weight is 175 g/mol. The first-order valence-corrected chi connectivity index (χ1v) is 3.89. The van der Waals surface area contributed by atoms with E-state index in [4.69, 9.17) is 10.2 Å². The third kappa shape index (κ3) is 1.38. The maximum Gasteiger partial charge on any atom is 0.162 e. The molecule has 2 rings (SSSR count). The predicted molar refractivity (Wildman–Crippen MR) is 48.9 cm³/mol. The number of aryl methyl sites for hydroxylation is 1. The molecule has 4 nitrogen and oxygen atoms in total. The van der Waals surface area contributed by atoms with Gasteiger partial charge >= 0.3 is 0 Å². The minimum Gasteiger partial charge on any atom is -0.472 e. The lowest BCUT2D eigenvalue weighted by Crippen LogP contribution is -1.96. The van der Waals surface area contributed by atoms with Crippen molar-refractivity contribution in [1.29, 1.82) is 0 Å². The smallest absolute Gasteiger partial charge is 0.162 e. The van der Waals surface area contributed by atoms with Gasteiger partial charge in [0, 0.05) is 0 Å². The summed E-state index contributed by atoms with van der Waals surface area (Å²) in [5.41, 5.74) is 7.85. The Labute approximate surface area is 75.4 Å². The minimum atomic E-state index is 0.604. The predicted octanol–water partition coefficient (Wildman–Crippen LogP) is 1.63. The highest BCUT2D eigenvalue weighted by atomic mass is 16.3. The Kier molecular flexibility index (Phi) is 1.73. The van der Waals surface area contributed by atoms with Gasteiger partial charge in [0.2, 0.25) is 0 Å². The van der Waals surface area contributed by atoms with E-state index in [9.17, 15) is 0 Å². The van der Waals surface area contributed by atoms with Gasteiger partial charge in [-0.15, -0.1) is 0 Å². The van der Waals surface area contributed by atoms with Gasteiger partial charge in [-0.1, -0.05) is 0 Å². The molecule has 2 N–H and O–H groups in total. The fourth-order valence-electron chi connectivity index (χ4n) is 1.01. The summed E-state index contributed by atoms with van der Waals surface area (Å²) in [6, 6.07) is 1.81. The van der Waals surface area contributed by atoms with Crippen LogP contribution in [-0.4, -0.2) is 9.97 Å². The van der Waals surface area contributed by atoms with Gasteiger partial charge in [0.25, 0.3) is 0 Å². The molecule has 0 unspecified atom stereocenters. The fraction of sp³-hybridized carbons (Fsp3) is 0.111. The molecule has 0 radical (unpaired) electrons. The number of anilines is 1. The Hall–Kier alpha value is -1.84. The van der Waals surface area contributed by atoms with Crippen molar-refractivity contribution in [3.63, 3.8) is 0 Å². The molecule has 13 heavy (non-hydrogen) atoms. The van der Waals surface area contributed by atoms with Crippen LogP contribution in [0.4, 0.5) is 5.69 Å². The van der Waals surface area contributed by atoms with E-state index in [0.29, 0.717) is 11.5 Å². The molecule has 66 valence electrons. The van der Waals surface area contributed by atoms with Crippen molar-refractivity contribution in [2.24, 2.45) is 0 Å². The molecule has 0 saturated heterocycles. The molecule has 0 aliphatic carbocycles. The maximum absolute atomic E-state index is 5.59. The summed E-state index contributed by atoms with van der Waals surface area (Å²) in [7, 11) is 0. The second-order valence-electron chi connectivity index (χ2n) is 2.75. The van der Waals surface area contributed by atoms with Crippen molar-refractivity contribution in [2.75, 3.05) is 5.73 Å². The maximum atomic E-state index is 5.59. The van der Waals surface area contributed by atoms with Crippen LogP contribution in [0.3, 0.4) is 0 Å².